The van der Waals surface area contributed by atoms with Crippen molar-refractivity contribution in [1.82, 2.24) is 18.8 Å². The molecule has 1 amide bonds. The summed E-state index contributed by atoms with van der Waals surface area (Å²) in [4.78, 5) is 21.4. The molecule has 1 aliphatic heterocycles. The number of carbonyl (C=O) groups is 1. The number of piperazine rings is 1. The summed E-state index contributed by atoms with van der Waals surface area (Å²) in [6, 6.07) is 3.23. The van der Waals surface area contributed by atoms with E-state index in [2.05, 4.69) is 25.6 Å². The molecule has 2 aromatic rings. The van der Waals surface area contributed by atoms with Crippen molar-refractivity contribution in [3.8, 4) is 0 Å². The molecule has 0 atom stereocenters. The number of likely N-dealkylation sites (N-methyl/N-ethyl adjacent to an activating group) is 1. The molecular weight excluding hydrogens is 404 g/mol. The quantitative estimate of drug-likeness (QED) is 0.716. The van der Waals surface area contributed by atoms with E-state index in [1.165, 1.54) is 19.0 Å². The second kappa shape index (κ2) is 8.52. The molecule has 30 heavy (non-hydrogen) atoms. The Morgan fingerprint density at radius 3 is 2.47 bits per heavy atom. The highest BCUT2D eigenvalue weighted by molar-refractivity contribution is 7.92. The lowest BCUT2D eigenvalue weighted by atomic mass is 10.1. The van der Waals surface area contributed by atoms with Crippen molar-refractivity contribution in [1.29, 1.82) is 0 Å². The van der Waals surface area contributed by atoms with Crippen molar-refractivity contribution in [2.75, 3.05) is 47.3 Å². The summed E-state index contributed by atoms with van der Waals surface area (Å²) in [6.45, 7) is 7.33. The van der Waals surface area contributed by atoms with Crippen LogP contribution in [0.4, 0.5) is 5.69 Å². The number of quaternary nitrogens is 1. The maximum atomic E-state index is 13.4. The number of hydrogen-bond donors (Lipinski definition) is 1. The minimum Gasteiger partial charge on any atom is -0.564 e. The van der Waals surface area contributed by atoms with Crippen molar-refractivity contribution >= 4 is 32.8 Å². The summed E-state index contributed by atoms with van der Waals surface area (Å²) in [7, 11) is 3.06. The van der Waals surface area contributed by atoms with Gasteiger partial charge in [0.15, 0.2) is 10.2 Å². The van der Waals surface area contributed by atoms with Crippen LogP contribution < -0.4 is 4.90 Å². The van der Waals surface area contributed by atoms with Gasteiger partial charge in [0.05, 0.1) is 49.8 Å². The molecule has 0 saturated carbocycles. The van der Waals surface area contributed by atoms with Gasteiger partial charge in [-0.15, -0.1) is 5.69 Å². The smallest absolute Gasteiger partial charge is 0.256 e. The third-order valence-corrected chi connectivity index (χ3v) is 6.82. The van der Waals surface area contributed by atoms with Gasteiger partial charge < -0.3 is 19.1 Å². The Morgan fingerprint density at radius 2 is 1.90 bits per heavy atom. The van der Waals surface area contributed by atoms with Crippen molar-refractivity contribution in [2.45, 2.75) is 20.3 Å². The molecule has 1 aromatic carbocycles. The summed E-state index contributed by atoms with van der Waals surface area (Å²) in [6.07, 6.45) is 0.763. The number of nitrogens with zero attached hydrogens (tertiary/aromatic N) is 5. The van der Waals surface area contributed by atoms with Gasteiger partial charge in [-0.25, -0.2) is 17.7 Å². The fourth-order valence-corrected chi connectivity index (χ4v) is 4.16. The normalized spacial score (nSPS) is 16.1. The maximum Gasteiger partial charge on any atom is 0.256 e. The van der Waals surface area contributed by atoms with E-state index in [0.29, 0.717) is 30.1 Å². The molecule has 0 spiro atoms. The predicted molar refractivity (Wildman–Crippen MR) is 117 cm³/mol. The molecule has 2 heterocycles. The first-order valence-electron chi connectivity index (χ1n) is 10.2. The third kappa shape index (κ3) is 4.60. The van der Waals surface area contributed by atoms with Gasteiger partial charge in [0.1, 0.15) is 5.82 Å². The Hall–Kier alpha value is -2.17. The first-order chi connectivity index (χ1) is 14.0. The second-order valence-corrected chi connectivity index (χ2v) is 10.5. The molecule has 3 rings (SSSR count). The number of fused-ring (bicyclic) bond motifs is 1. The minimum absolute atomic E-state index is 0.106. The van der Waals surface area contributed by atoms with Crippen molar-refractivity contribution in [2.24, 2.45) is 13.0 Å². The first kappa shape index (κ1) is 22.5. The molecular formula is C20H32N6O3S. The average molecular weight is 437 g/mol. The molecule has 1 aromatic heterocycles. The van der Waals surface area contributed by atoms with E-state index in [4.69, 9.17) is 4.98 Å². The number of amides is 1. The van der Waals surface area contributed by atoms with Gasteiger partial charge in [-0.1, -0.05) is 19.9 Å². The number of aromatic nitrogens is 2. The zero-order valence-electron chi connectivity index (χ0n) is 18.6. The lowest BCUT2D eigenvalue weighted by molar-refractivity contribution is -0.883. The molecule has 166 valence electrons. The Labute approximate surface area is 178 Å². The van der Waals surface area contributed by atoms with Crippen molar-refractivity contribution < 1.29 is 18.1 Å². The van der Waals surface area contributed by atoms with E-state index in [1.807, 2.05) is 16.5 Å². The van der Waals surface area contributed by atoms with Crippen LogP contribution in [0.1, 0.15) is 30.0 Å². The molecule has 10 heteroatoms. The molecule has 9 nitrogen and oxygen atoms in total. The summed E-state index contributed by atoms with van der Waals surface area (Å²) in [5.41, 5.74) is 1.98. The molecule has 1 fully saturated rings. The zero-order valence-corrected chi connectivity index (χ0v) is 19.5. The van der Waals surface area contributed by atoms with Gasteiger partial charge in [-0.2, -0.15) is 0 Å². The molecule has 1 aliphatic rings. The van der Waals surface area contributed by atoms with E-state index in [-0.39, 0.29) is 11.6 Å². The molecule has 0 unspecified atom stereocenters. The van der Waals surface area contributed by atoms with E-state index in [1.54, 1.807) is 12.1 Å². The van der Waals surface area contributed by atoms with Gasteiger partial charge in [-0.3, -0.25) is 4.79 Å². The van der Waals surface area contributed by atoms with Crippen molar-refractivity contribution in [3.63, 3.8) is 0 Å². The third-order valence-electron chi connectivity index (χ3n) is 5.45. The van der Waals surface area contributed by atoms with Crippen LogP contribution in [0.3, 0.4) is 0 Å². The number of nitrogens with one attached hydrogen (secondary N) is 1. The summed E-state index contributed by atoms with van der Waals surface area (Å²) in [5.74, 6) is 1.16. The van der Waals surface area contributed by atoms with Crippen LogP contribution in [0, 0.1) is 5.92 Å². The number of carbonyl (C=O) groups excluding carboxylic acids is 1. The number of imidazole rings is 1. The Morgan fingerprint density at radius 1 is 1.27 bits per heavy atom. The van der Waals surface area contributed by atoms with Crippen LogP contribution in [0.2, 0.25) is 0 Å². The van der Waals surface area contributed by atoms with Gasteiger partial charge >= 0.3 is 0 Å². The number of benzene rings is 1. The topological polar surface area (TPSA) is 94.0 Å². The van der Waals surface area contributed by atoms with Gasteiger partial charge in [0.2, 0.25) is 0 Å². The standard InChI is InChI=1S/C20H31N6O3S/c1-14(2)11-18-21-17-13-15(22-30(28,29)23(3)4)12-16(19(17)25(18)6)20(27)26-9-7-24(5)8-10-26/h12-14H,7-11H2,1-6H3/q-1/p+1. The number of rotatable bonds is 6. The van der Waals surface area contributed by atoms with Gasteiger partial charge in [0, 0.05) is 27.6 Å². The Bertz CT molecular complexity index is 1040. The van der Waals surface area contributed by atoms with Crippen LogP contribution in [0.25, 0.3) is 15.8 Å². The largest absolute Gasteiger partial charge is 0.564 e. The molecule has 0 aliphatic carbocycles. The highest BCUT2D eigenvalue weighted by Gasteiger charge is 2.26. The van der Waals surface area contributed by atoms with Crippen LogP contribution in [-0.4, -0.2) is 80.4 Å². The maximum absolute atomic E-state index is 13.4. The van der Waals surface area contributed by atoms with Crippen LogP contribution in [0.5, 0.6) is 0 Å². The molecule has 0 bridgehead atoms. The minimum atomic E-state index is -3.82. The lowest BCUT2D eigenvalue weighted by Gasteiger charge is -2.31. The molecule has 1 saturated heterocycles. The fourth-order valence-electron chi connectivity index (χ4n) is 3.63. The van der Waals surface area contributed by atoms with Gasteiger partial charge in [-0.05, 0) is 12.0 Å². The van der Waals surface area contributed by atoms with Crippen LogP contribution in [0.15, 0.2) is 12.1 Å². The summed E-state index contributed by atoms with van der Waals surface area (Å²) < 4.78 is 31.5. The van der Waals surface area contributed by atoms with Crippen molar-refractivity contribution in [3.05, 3.63) is 28.2 Å². The van der Waals surface area contributed by atoms with E-state index < -0.39 is 10.2 Å². The van der Waals surface area contributed by atoms with Crippen LogP contribution in [-0.2, 0) is 23.7 Å². The first-order valence-corrected chi connectivity index (χ1v) is 11.6. The summed E-state index contributed by atoms with van der Waals surface area (Å²) in [5, 5.41) is 0. The van der Waals surface area contributed by atoms with E-state index in [9.17, 15) is 13.2 Å². The van der Waals surface area contributed by atoms with Crippen LogP contribution >= 0.6 is 0 Å². The monoisotopic (exact) mass is 436 g/mol. The molecule has 1 N–H and O–H groups in total. The SMILES string of the molecule is CC(C)Cc1nc2cc([N-]S(=O)(=O)N(C)C)cc(C(=O)N3CC[NH+](C)CC3)c2n1C. The van der Waals surface area contributed by atoms with E-state index in [0.717, 1.165) is 35.2 Å². The fraction of sp³-hybridized carbons (Fsp3) is 0.600. The Balaban J connectivity index is 2.11. The highest BCUT2D eigenvalue weighted by atomic mass is 32.2. The summed E-state index contributed by atoms with van der Waals surface area (Å²) >= 11 is 0. The lowest BCUT2D eigenvalue weighted by Crippen LogP contribution is -3.12. The highest BCUT2D eigenvalue weighted by Crippen LogP contribution is 2.32. The number of aryl methyl sites for hydroxylation is 1. The van der Waals surface area contributed by atoms with Gasteiger partial charge in [0.25, 0.3) is 5.91 Å². The average Bonchev–Trinajstić information content (AvgIpc) is 2.95. The zero-order chi connectivity index (χ0) is 22.2. The molecule has 0 radical (unpaired) electrons. The van der Waals surface area contributed by atoms with E-state index >= 15 is 0 Å². The second-order valence-electron chi connectivity index (χ2n) is 8.65. The predicted octanol–water partition coefficient (Wildman–Crippen LogP) is 0.554. The number of hydrogen-bond acceptors (Lipinski definition) is 4. The Kier molecular flexibility index (Phi) is 6.40.